The number of carbonyl (C=O) groups is 1. The summed E-state index contributed by atoms with van der Waals surface area (Å²) in [6, 6.07) is 4.91. The minimum atomic E-state index is -3.07. The second-order valence-corrected chi connectivity index (χ2v) is 7.11. The largest absolute Gasteiger partial charge is 0.398 e. The van der Waals surface area contributed by atoms with Crippen LogP contribution in [0.1, 0.15) is 17.3 Å². The van der Waals surface area contributed by atoms with Crippen molar-refractivity contribution in [3.05, 3.63) is 28.2 Å². The van der Waals surface area contributed by atoms with Crippen LogP contribution in [0.25, 0.3) is 0 Å². The first-order valence-electron chi connectivity index (χ1n) is 5.39. The van der Waals surface area contributed by atoms with Crippen LogP contribution in [0.4, 0.5) is 5.69 Å². The molecular formula is C11H16BrClN2O3S. The molecule has 0 fully saturated rings. The fourth-order valence-corrected chi connectivity index (χ4v) is 2.38. The van der Waals surface area contributed by atoms with Crippen molar-refractivity contribution in [2.24, 2.45) is 0 Å². The number of amides is 1. The van der Waals surface area contributed by atoms with Gasteiger partial charge in [0.25, 0.3) is 5.91 Å². The van der Waals surface area contributed by atoms with Gasteiger partial charge in [-0.25, -0.2) is 8.42 Å². The molecule has 0 saturated heterocycles. The topological polar surface area (TPSA) is 89.3 Å². The van der Waals surface area contributed by atoms with Gasteiger partial charge in [-0.2, -0.15) is 0 Å². The summed E-state index contributed by atoms with van der Waals surface area (Å²) in [6.07, 6.45) is 0. The second kappa shape index (κ2) is 7.72. The standard InChI is InChI=1S/C11H15BrN2O3S.ClH/c1-2-18(16,17)6-5-14-11(15)9-4-3-8(12)7-10(9)13;/h3-4,7H,2,5-6,13H2,1H3,(H,14,15);1H. The van der Waals surface area contributed by atoms with E-state index < -0.39 is 9.84 Å². The Morgan fingerprint density at radius 1 is 1.42 bits per heavy atom. The van der Waals surface area contributed by atoms with E-state index in [0.717, 1.165) is 4.47 Å². The van der Waals surface area contributed by atoms with E-state index in [1.807, 2.05) is 0 Å². The molecule has 5 nitrogen and oxygen atoms in total. The molecule has 0 spiro atoms. The van der Waals surface area contributed by atoms with Crippen LogP contribution in [0.2, 0.25) is 0 Å². The molecule has 8 heteroatoms. The van der Waals surface area contributed by atoms with Crippen LogP contribution in [-0.4, -0.2) is 32.4 Å². The Morgan fingerprint density at radius 2 is 2.05 bits per heavy atom. The molecule has 1 amide bonds. The minimum Gasteiger partial charge on any atom is -0.398 e. The Kier molecular flexibility index (Phi) is 7.39. The van der Waals surface area contributed by atoms with Crippen LogP contribution in [-0.2, 0) is 9.84 Å². The van der Waals surface area contributed by atoms with Crippen LogP contribution < -0.4 is 11.1 Å². The van der Waals surface area contributed by atoms with Crippen molar-refractivity contribution in [3.8, 4) is 0 Å². The van der Waals surface area contributed by atoms with Crippen LogP contribution in [0.5, 0.6) is 0 Å². The summed E-state index contributed by atoms with van der Waals surface area (Å²) in [5.41, 5.74) is 6.38. The lowest BCUT2D eigenvalue weighted by atomic mass is 10.2. The zero-order valence-electron chi connectivity index (χ0n) is 10.3. The highest BCUT2D eigenvalue weighted by Gasteiger charge is 2.11. The van der Waals surface area contributed by atoms with Crippen LogP contribution in [0.15, 0.2) is 22.7 Å². The number of hydrogen-bond acceptors (Lipinski definition) is 4. The zero-order chi connectivity index (χ0) is 13.8. The minimum absolute atomic E-state index is 0. The first-order valence-corrected chi connectivity index (χ1v) is 8.01. The third-order valence-electron chi connectivity index (χ3n) is 2.40. The molecule has 1 aromatic carbocycles. The molecule has 0 saturated carbocycles. The average molecular weight is 372 g/mol. The zero-order valence-corrected chi connectivity index (χ0v) is 13.6. The number of carbonyl (C=O) groups excluding carboxylic acids is 1. The fourth-order valence-electron chi connectivity index (χ4n) is 1.30. The van der Waals surface area contributed by atoms with Gasteiger partial charge in [0.15, 0.2) is 9.84 Å². The normalized spacial score (nSPS) is 10.6. The number of nitrogens with one attached hydrogen (secondary N) is 1. The van der Waals surface area contributed by atoms with Crippen molar-refractivity contribution in [3.63, 3.8) is 0 Å². The molecule has 3 N–H and O–H groups in total. The monoisotopic (exact) mass is 370 g/mol. The Bertz CT molecular complexity index is 549. The summed E-state index contributed by atoms with van der Waals surface area (Å²) in [5, 5.41) is 2.54. The Balaban J connectivity index is 0.00000324. The molecule has 0 aliphatic carbocycles. The number of nitrogen functional groups attached to an aromatic ring is 1. The van der Waals surface area contributed by atoms with Gasteiger partial charge < -0.3 is 11.1 Å². The summed E-state index contributed by atoms with van der Waals surface area (Å²) >= 11 is 3.24. The summed E-state index contributed by atoms with van der Waals surface area (Å²) in [5.74, 6) is -0.360. The highest BCUT2D eigenvalue weighted by Crippen LogP contribution is 2.18. The molecule has 19 heavy (non-hydrogen) atoms. The predicted molar refractivity (Wildman–Crippen MR) is 82.5 cm³/mol. The van der Waals surface area contributed by atoms with E-state index in [0.29, 0.717) is 11.3 Å². The summed E-state index contributed by atoms with van der Waals surface area (Å²) in [7, 11) is -3.07. The molecule has 1 rings (SSSR count). The van der Waals surface area contributed by atoms with Gasteiger partial charge in [-0.15, -0.1) is 12.4 Å². The Morgan fingerprint density at radius 3 is 2.58 bits per heavy atom. The first kappa shape index (κ1) is 18.2. The Hall–Kier alpha value is -0.790. The van der Waals surface area contributed by atoms with Gasteiger partial charge in [0.2, 0.25) is 0 Å². The number of sulfone groups is 1. The van der Waals surface area contributed by atoms with E-state index in [1.165, 1.54) is 0 Å². The van der Waals surface area contributed by atoms with E-state index in [9.17, 15) is 13.2 Å². The fraction of sp³-hybridized carbons (Fsp3) is 0.364. The third kappa shape index (κ3) is 5.80. The maximum atomic E-state index is 11.7. The second-order valence-electron chi connectivity index (χ2n) is 3.72. The third-order valence-corrected chi connectivity index (χ3v) is 4.60. The summed E-state index contributed by atoms with van der Waals surface area (Å²) < 4.78 is 23.3. The number of rotatable bonds is 5. The molecule has 1 aromatic rings. The van der Waals surface area contributed by atoms with E-state index >= 15 is 0 Å². The predicted octanol–water partition coefficient (Wildman–Crippen LogP) is 1.62. The van der Waals surface area contributed by atoms with Crippen molar-refractivity contribution >= 4 is 49.8 Å². The number of hydrogen-bond donors (Lipinski definition) is 2. The highest BCUT2D eigenvalue weighted by molar-refractivity contribution is 9.10. The van der Waals surface area contributed by atoms with E-state index in [4.69, 9.17) is 5.73 Å². The molecule has 0 radical (unpaired) electrons. The van der Waals surface area contributed by atoms with Gasteiger partial charge in [0.05, 0.1) is 11.3 Å². The van der Waals surface area contributed by atoms with Crippen molar-refractivity contribution in [2.45, 2.75) is 6.92 Å². The molecule has 0 bridgehead atoms. The Labute approximate surface area is 127 Å². The molecule has 0 aromatic heterocycles. The highest BCUT2D eigenvalue weighted by atomic mass is 79.9. The van der Waals surface area contributed by atoms with Crippen LogP contribution in [0.3, 0.4) is 0 Å². The van der Waals surface area contributed by atoms with Gasteiger partial charge in [0, 0.05) is 22.5 Å². The smallest absolute Gasteiger partial charge is 0.253 e. The summed E-state index contributed by atoms with van der Waals surface area (Å²) in [4.78, 5) is 11.7. The number of halogens is 2. The van der Waals surface area contributed by atoms with Gasteiger partial charge >= 0.3 is 0 Å². The molecule has 0 atom stereocenters. The number of anilines is 1. The van der Waals surface area contributed by atoms with E-state index in [1.54, 1.807) is 25.1 Å². The van der Waals surface area contributed by atoms with Crippen molar-refractivity contribution in [2.75, 3.05) is 23.8 Å². The lowest BCUT2D eigenvalue weighted by molar-refractivity contribution is 0.0957. The molecule has 0 heterocycles. The molecule has 108 valence electrons. The maximum absolute atomic E-state index is 11.7. The first-order chi connectivity index (χ1) is 8.35. The molecule has 0 aliphatic rings. The van der Waals surface area contributed by atoms with Gasteiger partial charge in [-0.3, -0.25) is 4.79 Å². The van der Waals surface area contributed by atoms with E-state index in [2.05, 4.69) is 21.2 Å². The molecule has 0 unspecified atom stereocenters. The molecule has 0 aliphatic heterocycles. The van der Waals surface area contributed by atoms with Crippen LogP contribution in [0, 0.1) is 0 Å². The number of nitrogens with two attached hydrogens (primary N) is 1. The van der Waals surface area contributed by atoms with Gasteiger partial charge in [0.1, 0.15) is 0 Å². The quantitative estimate of drug-likeness (QED) is 0.770. The maximum Gasteiger partial charge on any atom is 0.253 e. The van der Waals surface area contributed by atoms with Gasteiger partial charge in [-0.05, 0) is 18.2 Å². The number of benzene rings is 1. The van der Waals surface area contributed by atoms with Crippen molar-refractivity contribution in [1.82, 2.24) is 5.32 Å². The summed E-state index contributed by atoms with van der Waals surface area (Å²) in [6.45, 7) is 1.66. The van der Waals surface area contributed by atoms with E-state index in [-0.39, 0.29) is 36.4 Å². The van der Waals surface area contributed by atoms with Crippen LogP contribution >= 0.6 is 28.3 Å². The SMILES string of the molecule is CCS(=O)(=O)CCNC(=O)c1ccc(Br)cc1N.Cl. The lowest BCUT2D eigenvalue weighted by Gasteiger charge is -2.07. The average Bonchev–Trinajstić information content (AvgIpc) is 2.28. The van der Waals surface area contributed by atoms with Crippen molar-refractivity contribution < 1.29 is 13.2 Å². The molecular weight excluding hydrogens is 356 g/mol. The van der Waals surface area contributed by atoms with Gasteiger partial charge in [-0.1, -0.05) is 22.9 Å². The lowest BCUT2D eigenvalue weighted by Crippen LogP contribution is -2.30. The van der Waals surface area contributed by atoms with Crippen molar-refractivity contribution in [1.29, 1.82) is 0 Å².